The molecule has 3 aliphatic rings. The van der Waals surface area contributed by atoms with Crippen molar-refractivity contribution in [1.82, 2.24) is 4.90 Å². The summed E-state index contributed by atoms with van der Waals surface area (Å²) in [7, 11) is -3.67. The zero-order chi connectivity index (χ0) is 16.0. The monoisotopic (exact) mass is 337 g/mol. The standard InChI is InChI=1S/C15H19N3O4S/c19-15(16-7-9-22-10-8-16)11-17-13-3-1-2-4-14(13)18(12-5-6-12)23(17,20)21/h1-4,12H,5-11H2. The van der Waals surface area contributed by atoms with Crippen molar-refractivity contribution in [3.05, 3.63) is 24.3 Å². The van der Waals surface area contributed by atoms with Crippen molar-refractivity contribution in [2.24, 2.45) is 0 Å². The van der Waals surface area contributed by atoms with Gasteiger partial charge < -0.3 is 9.64 Å². The zero-order valence-corrected chi connectivity index (χ0v) is 13.5. The SMILES string of the molecule is O=C(CN1c2ccccc2N(C2CC2)S1(=O)=O)N1CCOCC1. The Morgan fingerprint density at radius 2 is 1.78 bits per heavy atom. The maximum atomic E-state index is 12.9. The molecule has 8 heteroatoms. The molecule has 0 atom stereocenters. The number of hydrogen-bond donors (Lipinski definition) is 0. The van der Waals surface area contributed by atoms with E-state index in [1.807, 2.05) is 12.1 Å². The van der Waals surface area contributed by atoms with E-state index in [-0.39, 0.29) is 18.5 Å². The first-order chi connectivity index (χ1) is 11.1. The fraction of sp³-hybridized carbons (Fsp3) is 0.533. The lowest BCUT2D eigenvalue weighted by atomic mass is 10.2. The number of morpholine rings is 1. The first-order valence-electron chi connectivity index (χ1n) is 7.86. The topological polar surface area (TPSA) is 70.2 Å². The summed E-state index contributed by atoms with van der Waals surface area (Å²) in [6.45, 7) is 1.89. The van der Waals surface area contributed by atoms with Crippen molar-refractivity contribution in [2.75, 3.05) is 41.5 Å². The molecule has 1 amide bonds. The van der Waals surface area contributed by atoms with Crippen LogP contribution in [0.5, 0.6) is 0 Å². The van der Waals surface area contributed by atoms with Crippen LogP contribution >= 0.6 is 0 Å². The maximum Gasteiger partial charge on any atom is 0.327 e. The number of para-hydroxylation sites is 2. The van der Waals surface area contributed by atoms with E-state index >= 15 is 0 Å². The van der Waals surface area contributed by atoms with Crippen molar-refractivity contribution in [3.63, 3.8) is 0 Å². The van der Waals surface area contributed by atoms with Crippen molar-refractivity contribution in [1.29, 1.82) is 0 Å². The molecule has 0 aromatic heterocycles. The van der Waals surface area contributed by atoms with Crippen molar-refractivity contribution >= 4 is 27.5 Å². The highest BCUT2D eigenvalue weighted by Crippen LogP contribution is 2.46. The smallest absolute Gasteiger partial charge is 0.327 e. The van der Waals surface area contributed by atoms with E-state index in [1.54, 1.807) is 17.0 Å². The van der Waals surface area contributed by atoms with Crippen LogP contribution in [0.25, 0.3) is 0 Å². The summed E-state index contributed by atoms with van der Waals surface area (Å²) in [4.78, 5) is 14.2. The van der Waals surface area contributed by atoms with Gasteiger partial charge in [0.1, 0.15) is 6.54 Å². The van der Waals surface area contributed by atoms with Crippen molar-refractivity contribution in [2.45, 2.75) is 18.9 Å². The van der Waals surface area contributed by atoms with E-state index in [4.69, 9.17) is 4.74 Å². The number of anilines is 2. The van der Waals surface area contributed by atoms with Gasteiger partial charge in [0.05, 0.1) is 24.6 Å². The van der Waals surface area contributed by atoms with Crippen LogP contribution < -0.4 is 8.61 Å². The molecule has 2 heterocycles. The number of rotatable bonds is 3. The van der Waals surface area contributed by atoms with E-state index in [0.29, 0.717) is 37.7 Å². The Kier molecular flexibility index (Phi) is 3.46. The fourth-order valence-electron chi connectivity index (χ4n) is 3.11. The third-order valence-electron chi connectivity index (χ3n) is 4.44. The summed E-state index contributed by atoms with van der Waals surface area (Å²) in [5.74, 6) is -0.177. The molecular formula is C15H19N3O4S. The van der Waals surface area contributed by atoms with Crippen LogP contribution in [0.4, 0.5) is 11.4 Å². The molecule has 0 radical (unpaired) electrons. The number of nitrogens with zero attached hydrogens (tertiary/aromatic N) is 3. The van der Waals surface area contributed by atoms with Gasteiger partial charge in [0.25, 0.3) is 0 Å². The summed E-state index contributed by atoms with van der Waals surface area (Å²) >= 11 is 0. The quantitative estimate of drug-likeness (QED) is 0.809. The largest absolute Gasteiger partial charge is 0.378 e. The normalized spacial score (nSPS) is 23.0. The molecule has 0 unspecified atom stereocenters. The highest BCUT2D eigenvalue weighted by molar-refractivity contribution is 7.94. The van der Waals surface area contributed by atoms with Gasteiger partial charge in [-0.1, -0.05) is 12.1 Å². The molecule has 1 aromatic carbocycles. The second-order valence-electron chi connectivity index (χ2n) is 6.02. The fourth-order valence-corrected chi connectivity index (χ4v) is 4.99. The maximum absolute atomic E-state index is 12.9. The molecular weight excluding hydrogens is 318 g/mol. The molecule has 1 saturated carbocycles. The van der Waals surface area contributed by atoms with Crippen LogP contribution in [-0.4, -0.2) is 58.1 Å². The van der Waals surface area contributed by atoms with Gasteiger partial charge in [0.2, 0.25) is 5.91 Å². The van der Waals surface area contributed by atoms with Crippen LogP contribution in [0.1, 0.15) is 12.8 Å². The summed E-state index contributed by atoms with van der Waals surface area (Å²) in [6, 6.07) is 7.24. The van der Waals surface area contributed by atoms with E-state index in [2.05, 4.69) is 0 Å². The Morgan fingerprint density at radius 1 is 1.13 bits per heavy atom. The van der Waals surface area contributed by atoms with Gasteiger partial charge >= 0.3 is 10.2 Å². The highest BCUT2D eigenvalue weighted by Gasteiger charge is 2.48. The lowest BCUT2D eigenvalue weighted by Gasteiger charge is -2.29. The highest BCUT2D eigenvalue weighted by atomic mass is 32.2. The van der Waals surface area contributed by atoms with Gasteiger partial charge in [-0.15, -0.1) is 0 Å². The minimum absolute atomic E-state index is 0.0321. The molecule has 0 bridgehead atoms. The predicted molar refractivity (Wildman–Crippen MR) is 85.6 cm³/mol. The Labute approximate surface area is 135 Å². The number of amides is 1. The molecule has 1 saturated heterocycles. The molecule has 0 spiro atoms. The molecule has 1 aliphatic carbocycles. The van der Waals surface area contributed by atoms with Crippen molar-refractivity contribution in [3.8, 4) is 0 Å². The molecule has 7 nitrogen and oxygen atoms in total. The third kappa shape index (κ3) is 2.46. The average molecular weight is 337 g/mol. The first-order valence-corrected chi connectivity index (χ1v) is 9.25. The second kappa shape index (κ2) is 5.38. The van der Waals surface area contributed by atoms with E-state index in [9.17, 15) is 13.2 Å². The molecule has 4 rings (SSSR count). The number of carbonyl (C=O) groups is 1. The van der Waals surface area contributed by atoms with Gasteiger partial charge in [-0.25, -0.2) is 8.61 Å². The van der Waals surface area contributed by atoms with Gasteiger partial charge in [-0.2, -0.15) is 8.42 Å². The number of carbonyl (C=O) groups excluding carboxylic acids is 1. The molecule has 0 N–H and O–H groups in total. The molecule has 124 valence electrons. The molecule has 2 fully saturated rings. The zero-order valence-electron chi connectivity index (χ0n) is 12.7. The Bertz CT molecular complexity index is 726. The summed E-state index contributed by atoms with van der Waals surface area (Å²) in [5, 5.41) is 0. The predicted octanol–water partition coefficient (Wildman–Crippen LogP) is 0.579. The summed E-state index contributed by atoms with van der Waals surface area (Å²) in [6.07, 6.45) is 1.75. The van der Waals surface area contributed by atoms with Crippen LogP contribution in [0.15, 0.2) is 24.3 Å². The molecule has 1 aromatic rings. The summed E-state index contributed by atoms with van der Waals surface area (Å²) in [5.41, 5.74) is 1.28. The second-order valence-corrected chi connectivity index (χ2v) is 7.75. The van der Waals surface area contributed by atoms with Crippen LogP contribution in [0.2, 0.25) is 0 Å². The van der Waals surface area contributed by atoms with Gasteiger partial charge in [-0.3, -0.25) is 4.79 Å². The lowest BCUT2D eigenvalue weighted by molar-refractivity contribution is -0.133. The van der Waals surface area contributed by atoms with E-state index in [1.165, 1.54) is 8.61 Å². The Hall–Kier alpha value is -1.80. The third-order valence-corrected chi connectivity index (χ3v) is 6.31. The van der Waals surface area contributed by atoms with Gasteiger partial charge in [-0.05, 0) is 25.0 Å². The van der Waals surface area contributed by atoms with Gasteiger partial charge in [0.15, 0.2) is 0 Å². The summed E-state index contributed by atoms with van der Waals surface area (Å²) < 4.78 is 33.8. The van der Waals surface area contributed by atoms with E-state index < -0.39 is 10.2 Å². The Balaban J connectivity index is 1.63. The Morgan fingerprint density at radius 3 is 2.43 bits per heavy atom. The first kappa shape index (κ1) is 14.8. The number of hydrogen-bond acceptors (Lipinski definition) is 4. The van der Waals surface area contributed by atoms with E-state index in [0.717, 1.165) is 12.8 Å². The van der Waals surface area contributed by atoms with Gasteiger partial charge in [0, 0.05) is 19.1 Å². The lowest BCUT2D eigenvalue weighted by Crippen LogP contribution is -2.48. The molecule has 2 aliphatic heterocycles. The minimum Gasteiger partial charge on any atom is -0.378 e. The minimum atomic E-state index is -3.67. The van der Waals surface area contributed by atoms with Crippen LogP contribution in [-0.2, 0) is 19.7 Å². The number of ether oxygens (including phenoxy) is 1. The average Bonchev–Trinajstić information content (AvgIpc) is 3.35. The number of fused-ring (bicyclic) bond motifs is 1. The number of benzene rings is 1. The van der Waals surface area contributed by atoms with Crippen LogP contribution in [0.3, 0.4) is 0 Å². The van der Waals surface area contributed by atoms with Crippen LogP contribution in [0, 0.1) is 0 Å². The van der Waals surface area contributed by atoms with Crippen molar-refractivity contribution < 1.29 is 17.9 Å². The molecule has 23 heavy (non-hydrogen) atoms.